The average molecular weight is 704 g/mol. The Bertz CT molecular complexity index is 1710. The summed E-state index contributed by atoms with van der Waals surface area (Å²) in [6.07, 6.45) is 9.44. The average Bonchev–Trinajstić information content (AvgIpc) is 3.14. The number of halogens is 1. The highest BCUT2D eigenvalue weighted by Gasteiger charge is 2.42. The molecular weight excluding hydrogens is 654 g/mol. The zero-order valence-corrected chi connectivity index (χ0v) is 29.4. The second-order valence-corrected chi connectivity index (χ2v) is 13.9. The highest BCUT2D eigenvalue weighted by Crippen LogP contribution is 2.33. The van der Waals surface area contributed by atoms with Gasteiger partial charge in [0, 0.05) is 23.0 Å². The highest BCUT2D eigenvalue weighted by atomic mass is 35.5. The van der Waals surface area contributed by atoms with E-state index in [9.17, 15) is 24.9 Å². The number of phenolic OH excluding ortho intramolecular Hbond substituents is 1. The number of piperidine rings is 1. The first-order valence-corrected chi connectivity index (χ1v) is 18.3. The normalized spacial score (nSPS) is 15.9. The number of aliphatic hydroxyl groups excluding tert-OH is 1. The molecule has 5 rings (SSSR count). The number of nitrogens with zero attached hydrogens (tertiary/aromatic N) is 1. The van der Waals surface area contributed by atoms with Crippen LogP contribution in [-0.4, -0.2) is 70.5 Å². The summed E-state index contributed by atoms with van der Waals surface area (Å²) in [6, 6.07) is 21.8. The monoisotopic (exact) mass is 703 g/mol. The molecule has 3 aromatic carbocycles. The number of hydrogen-bond acceptors (Lipinski definition) is 8. The van der Waals surface area contributed by atoms with Crippen LogP contribution < -0.4 is 10.9 Å². The van der Waals surface area contributed by atoms with E-state index in [1.807, 2.05) is 6.07 Å². The molecule has 50 heavy (non-hydrogen) atoms. The van der Waals surface area contributed by atoms with E-state index in [0.717, 1.165) is 51.9 Å². The Labute approximate surface area is 299 Å². The Morgan fingerprint density at radius 3 is 2.28 bits per heavy atom. The van der Waals surface area contributed by atoms with Gasteiger partial charge in [0.15, 0.2) is 0 Å². The summed E-state index contributed by atoms with van der Waals surface area (Å²) in [5.74, 6) is -0.397. The van der Waals surface area contributed by atoms with Crippen molar-refractivity contribution in [3.63, 3.8) is 0 Å². The molecule has 1 saturated heterocycles. The molecule has 1 fully saturated rings. The third kappa shape index (κ3) is 9.95. The van der Waals surface area contributed by atoms with E-state index in [1.54, 1.807) is 60.7 Å². The van der Waals surface area contributed by atoms with Crippen LogP contribution in [0, 0.1) is 5.92 Å². The number of unbranched alkanes of at least 4 members (excludes halogenated alkanes) is 6. The van der Waals surface area contributed by atoms with E-state index >= 15 is 0 Å². The van der Waals surface area contributed by atoms with E-state index in [4.69, 9.17) is 16.3 Å². The van der Waals surface area contributed by atoms with Gasteiger partial charge in [0.25, 0.3) is 0 Å². The SMILES string of the molecule is O=C(OCC1CCN(CCCCCCCCCNC[C@@H](O)c2ccc(O)c3[nH]c(=O)ccc23)CC1)C(O)(c1ccccc1)c1ccc(Cl)cc1. The lowest BCUT2D eigenvalue weighted by Crippen LogP contribution is -2.40. The molecule has 0 amide bonds. The van der Waals surface area contributed by atoms with Gasteiger partial charge < -0.3 is 35.3 Å². The third-order valence-electron chi connectivity index (χ3n) is 9.84. The number of aliphatic hydroxyl groups is 2. The molecule has 0 bridgehead atoms. The standard InChI is InChI=1S/C40H50ClN3O6/c41-32-15-13-31(14-16-32)40(49,30-11-7-6-8-12-30)39(48)50-28-29-21-25-44(26-22-29)24-10-5-3-1-2-4-9-23-42-27-36(46)33-17-19-35(45)38-34(33)18-20-37(47)43-38/h6-8,11-20,29,36,42,45-46,49H,1-5,9-10,21-28H2,(H,43,47)/t36-,40?/m1/s1. The second-order valence-electron chi connectivity index (χ2n) is 13.4. The van der Waals surface area contributed by atoms with Gasteiger partial charge in [0.1, 0.15) is 5.75 Å². The number of phenols is 1. The second kappa shape index (κ2) is 18.5. The number of nitrogens with one attached hydrogen (secondary N) is 2. The predicted molar refractivity (Wildman–Crippen MR) is 197 cm³/mol. The topological polar surface area (TPSA) is 135 Å². The number of benzene rings is 3. The first-order chi connectivity index (χ1) is 24.3. The molecule has 0 saturated carbocycles. The summed E-state index contributed by atoms with van der Waals surface area (Å²) in [4.78, 5) is 30.1. The van der Waals surface area contributed by atoms with Crippen LogP contribution in [0.25, 0.3) is 10.9 Å². The fourth-order valence-corrected chi connectivity index (χ4v) is 6.94. The first kappa shape index (κ1) is 37.5. The number of hydrogen-bond donors (Lipinski definition) is 5. The predicted octanol–water partition coefficient (Wildman–Crippen LogP) is 6.43. The van der Waals surface area contributed by atoms with Crippen LogP contribution in [-0.2, 0) is 15.1 Å². The number of aromatic nitrogens is 1. The number of carbonyl (C=O) groups is 1. The van der Waals surface area contributed by atoms with E-state index in [-0.39, 0.29) is 17.2 Å². The molecule has 9 nitrogen and oxygen atoms in total. The number of rotatable bonds is 18. The molecule has 10 heteroatoms. The van der Waals surface area contributed by atoms with Crippen LogP contribution in [0.4, 0.5) is 0 Å². The zero-order chi connectivity index (χ0) is 35.3. The van der Waals surface area contributed by atoms with E-state index < -0.39 is 17.7 Å². The van der Waals surface area contributed by atoms with Crippen LogP contribution in [0.1, 0.15) is 80.6 Å². The maximum absolute atomic E-state index is 13.4. The number of ether oxygens (including phenoxy) is 1. The smallest absolute Gasteiger partial charge is 0.347 e. The molecule has 268 valence electrons. The van der Waals surface area contributed by atoms with Crippen LogP contribution in [0.15, 0.2) is 83.7 Å². The van der Waals surface area contributed by atoms with Crippen molar-refractivity contribution in [1.82, 2.24) is 15.2 Å². The summed E-state index contributed by atoms with van der Waals surface area (Å²) >= 11 is 6.06. The summed E-state index contributed by atoms with van der Waals surface area (Å²) in [7, 11) is 0. The maximum Gasteiger partial charge on any atom is 0.347 e. The lowest BCUT2D eigenvalue weighted by molar-refractivity contribution is -0.164. The van der Waals surface area contributed by atoms with Crippen molar-refractivity contribution in [1.29, 1.82) is 0 Å². The van der Waals surface area contributed by atoms with Crippen LogP contribution >= 0.6 is 11.6 Å². The van der Waals surface area contributed by atoms with Gasteiger partial charge in [-0.2, -0.15) is 0 Å². The van der Waals surface area contributed by atoms with Gasteiger partial charge >= 0.3 is 5.97 Å². The van der Waals surface area contributed by atoms with Crippen molar-refractivity contribution >= 4 is 28.5 Å². The molecule has 5 N–H and O–H groups in total. The van der Waals surface area contributed by atoms with E-state index in [0.29, 0.717) is 45.8 Å². The van der Waals surface area contributed by atoms with Crippen molar-refractivity contribution in [3.8, 4) is 5.75 Å². The first-order valence-electron chi connectivity index (χ1n) is 17.9. The quantitative estimate of drug-likeness (QED) is 0.0591. The van der Waals surface area contributed by atoms with Gasteiger partial charge in [0.2, 0.25) is 11.2 Å². The molecule has 1 aliphatic heterocycles. The van der Waals surface area contributed by atoms with Crippen LogP contribution in [0.2, 0.25) is 5.02 Å². The number of H-pyrrole nitrogens is 1. The fourth-order valence-electron chi connectivity index (χ4n) is 6.82. The number of carbonyl (C=O) groups excluding carboxylic acids is 1. The Balaban J connectivity index is 0.905. The van der Waals surface area contributed by atoms with Crippen molar-refractivity contribution in [2.24, 2.45) is 5.92 Å². The van der Waals surface area contributed by atoms with Crippen molar-refractivity contribution in [3.05, 3.63) is 111 Å². The molecule has 1 unspecified atom stereocenters. The number of esters is 1. The van der Waals surface area contributed by atoms with Crippen molar-refractivity contribution < 1.29 is 24.9 Å². The zero-order valence-electron chi connectivity index (χ0n) is 28.7. The largest absolute Gasteiger partial charge is 0.506 e. The van der Waals surface area contributed by atoms with Gasteiger partial charge in [-0.05, 0) is 98.7 Å². The van der Waals surface area contributed by atoms with Crippen LogP contribution in [0.5, 0.6) is 5.75 Å². The molecule has 0 radical (unpaired) electrons. The van der Waals surface area contributed by atoms with Crippen molar-refractivity contribution in [2.45, 2.75) is 69.5 Å². The molecule has 2 heterocycles. The minimum atomic E-state index is -1.90. The minimum absolute atomic E-state index is 0.00883. The van der Waals surface area contributed by atoms with Gasteiger partial charge in [-0.25, -0.2) is 4.79 Å². The highest BCUT2D eigenvalue weighted by molar-refractivity contribution is 6.30. The van der Waals surface area contributed by atoms with Gasteiger partial charge in [-0.15, -0.1) is 0 Å². The van der Waals surface area contributed by atoms with Gasteiger partial charge in [-0.1, -0.05) is 92.2 Å². The Morgan fingerprint density at radius 2 is 1.56 bits per heavy atom. The Kier molecular flexibility index (Phi) is 13.9. The summed E-state index contributed by atoms with van der Waals surface area (Å²) < 4.78 is 5.76. The number of pyridine rings is 1. The number of aromatic amines is 1. The summed E-state index contributed by atoms with van der Waals surface area (Å²) in [6.45, 7) is 4.61. The minimum Gasteiger partial charge on any atom is -0.506 e. The molecule has 0 spiro atoms. The third-order valence-corrected chi connectivity index (χ3v) is 10.1. The summed E-state index contributed by atoms with van der Waals surface area (Å²) in [5.41, 5.74) is -0.272. The lowest BCUT2D eigenvalue weighted by atomic mass is 9.86. The van der Waals surface area contributed by atoms with E-state index in [2.05, 4.69) is 15.2 Å². The van der Waals surface area contributed by atoms with Gasteiger partial charge in [-0.3, -0.25) is 4.79 Å². The number of aromatic hydroxyl groups is 1. The Morgan fingerprint density at radius 1 is 0.900 bits per heavy atom. The van der Waals surface area contributed by atoms with E-state index in [1.165, 1.54) is 44.2 Å². The number of fused-ring (bicyclic) bond motifs is 1. The molecule has 1 aliphatic rings. The molecule has 2 atom stereocenters. The molecule has 0 aliphatic carbocycles. The summed E-state index contributed by atoms with van der Waals surface area (Å²) in [5, 5.41) is 36.9. The van der Waals surface area contributed by atoms with Crippen LogP contribution in [0.3, 0.4) is 0 Å². The lowest BCUT2D eigenvalue weighted by Gasteiger charge is -2.33. The van der Waals surface area contributed by atoms with Gasteiger partial charge in [0.05, 0.1) is 18.2 Å². The molecule has 4 aromatic rings. The maximum atomic E-state index is 13.4. The fraction of sp³-hybridized carbons (Fsp3) is 0.450. The molecule has 1 aromatic heterocycles. The molecular formula is C40H50ClN3O6. The number of likely N-dealkylation sites (tertiary alicyclic amines) is 1. The van der Waals surface area contributed by atoms with Crippen molar-refractivity contribution in [2.75, 3.05) is 39.3 Å². The Hall–Kier alpha value is -3.73.